The molecule has 3 aromatic rings. The minimum atomic E-state index is -0.437. The van der Waals surface area contributed by atoms with E-state index in [-0.39, 0.29) is 0 Å². The molecule has 0 radical (unpaired) electrons. The van der Waals surface area contributed by atoms with Crippen molar-refractivity contribution < 1.29 is 5.11 Å². The van der Waals surface area contributed by atoms with Crippen LogP contribution in [0, 0.1) is 13.8 Å². The molecule has 3 heteroatoms. The van der Waals surface area contributed by atoms with E-state index >= 15 is 0 Å². The molecular weight excluding hydrogens is 248 g/mol. The molecule has 20 heavy (non-hydrogen) atoms. The van der Waals surface area contributed by atoms with Crippen LogP contribution in [0.2, 0.25) is 0 Å². The van der Waals surface area contributed by atoms with Gasteiger partial charge in [0.05, 0.1) is 17.1 Å². The second-order valence-electron chi connectivity index (χ2n) is 5.31. The van der Waals surface area contributed by atoms with E-state index in [4.69, 9.17) is 0 Å². The normalized spacial score (nSPS) is 12.8. The van der Waals surface area contributed by atoms with Gasteiger partial charge < -0.3 is 5.11 Å². The first kappa shape index (κ1) is 12.9. The highest BCUT2D eigenvalue weighted by Gasteiger charge is 2.07. The van der Waals surface area contributed by atoms with Crippen molar-refractivity contribution in [2.45, 2.75) is 26.9 Å². The summed E-state index contributed by atoms with van der Waals surface area (Å²) in [5.41, 5.74) is 6.61. The van der Waals surface area contributed by atoms with E-state index < -0.39 is 6.10 Å². The second-order valence-corrected chi connectivity index (χ2v) is 5.31. The van der Waals surface area contributed by atoms with E-state index in [0.29, 0.717) is 0 Å². The number of aryl methyl sites for hydroxylation is 2. The fourth-order valence-electron chi connectivity index (χ4n) is 2.38. The Balaban J connectivity index is 2.12. The van der Waals surface area contributed by atoms with Crippen LogP contribution in [-0.4, -0.2) is 14.7 Å². The number of benzene rings is 2. The lowest BCUT2D eigenvalue weighted by Crippen LogP contribution is -1.95. The number of hydrogen-bond acceptors (Lipinski definition) is 2. The molecule has 2 aromatic carbocycles. The molecule has 1 atom stereocenters. The van der Waals surface area contributed by atoms with Gasteiger partial charge in [-0.3, -0.25) is 4.57 Å². The third-order valence-electron chi connectivity index (χ3n) is 3.82. The Hall–Kier alpha value is -2.13. The Bertz CT molecular complexity index is 755. The van der Waals surface area contributed by atoms with Gasteiger partial charge in [0.25, 0.3) is 0 Å². The van der Waals surface area contributed by atoms with Crippen LogP contribution in [0.3, 0.4) is 0 Å². The highest BCUT2D eigenvalue weighted by atomic mass is 16.3. The first-order chi connectivity index (χ1) is 9.56. The van der Waals surface area contributed by atoms with E-state index in [1.165, 1.54) is 11.1 Å². The van der Waals surface area contributed by atoms with Crippen LogP contribution in [0.5, 0.6) is 0 Å². The van der Waals surface area contributed by atoms with Gasteiger partial charge in [-0.05, 0) is 61.7 Å². The highest BCUT2D eigenvalue weighted by Crippen LogP contribution is 2.23. The number of aromatic nitrogens is 2. The van der Waals surface area contributed by atoms with Gasteiger partial charge in [0, 0.05) is 5.69 Å². The van der Waals surface area contributed by atoms with Gasteiger partial charge in [-0.1, -0.05) is 12.1 Å². The maximum absolute atomic E-state index is 9.56. The zero-order valence-corrected chi connectivity index (χ0v) is 12.0. The van der Waals surface area contributed by atoms with Crippen molar-refractivity contribution in [3.63, 3.8) is 0 Å². The summed E-state index contributed by atoms with van der Waals surface area (Å²) in [6.07, 6.45) is 1.41. The first-order valence-electron chi connectivity index (χ1n) is 6.79. The molecule has 1 aromatic heterocycles. The van der Waals surface area contributed by atoms with Crippen molar-refractivity contribution in [1.82, 2.24) is 9.55 Å². The standard InChI is InChI=1S/C17H18N2O/c1-11-8-16-17(9-12(11)2)19(10-18-16)15-6-4-14(5-7-15)13(3)20/h4-10,13,20H,1-3H3. The first-order valence-corrected chi connectivity index (χ1v) is 6.79. The van der Waals surface area contributed by atoms with Gasteiger partial charge in [-0.25, -0.2) is 4.98 Å². The third-order valence-corrected chi connectivity index (χ3v) is 3.82. The van der Waals surface area contributed by atoms with Crippen molar-refractivity contribution in [1.29, 1.82) is 0 Å². The van der Waals surface area contributed by atoms with Crippen LogP contribution in [0.1, 0.15) is 29.7 Å². The zero-order chi connectivity index (χ0) is 14.3. The Morgan fingerprint density at radius 3 is 2.35 bits per heavy atom. The van der Waals surface area contributed by atoms with Crippen LogP contribution in [-0.2, 0) is 0 Å². The molecule has 3 nitrogen and oxygen atoms in total. The zero-order valence-electron chi connectivity index (χ0n) is 12.0. The minimum absolute atomic E-state index is 0.437. The molecule has 1 unspecified atom stereocenters. The van der Waals surface area contributed by atoms with Crippen LogP contribution in [0.15, 0.2) is 42.7 Å². The molecule has 0 aliphatic rings. The van der Waals surface area contributed by atoms with Crippen molar-refractivity contribution in [3.05, 3.63) is 59.4 Å². The van der Waals surface area contributed by atoms with Crippen molar-refractivity contribution in [2.75, 3.05) is 0 Å². The quantitative estimate of drug-likeness (QED) is 0.768. The molecule has 0 aliphatic heterocycles. The largest absolute Gasteiger partial charge is 0.389 e. The van der Waals surface area contributed by atoms with Crippen LogP contribution in [0.4, 0.5) is 0 Å². The number of aliphatic hydroxyl groups is 1. The molecule has 1 N–H and O–H groups in total. The fourth-order valence-corrected chi connectivity index (χ4v) is 2.38. The van der Waals surface area contributed by atoms with Gasteiger partial charge in [0.1, 0.15) is 6.33 Å². The number of aliphatic hydroxyl groups excluding tert-OH is 1. The Morgan fingerprint density at radius 2 is 1.70 bits per heavy atom. The summed E-state index contributed by atoms with van der Waals surface area (Å²) in [6, 6.07) is 12.2. The number of fused-ring (bicyclic) bond motifs is 1. The molecular formula is C17H18N2O. The van der Waals surface area contributed by atoms with E-state index in [1.54, 1.807) is 6.92 Å². The lowest BCUT2D eigenvalue weighted by atomic mass is 10.1. The van der Waals surface area contributed by atoms with Gasteiger partial charge in [0.2, 0.25) is 0 Å². The summed E-state index contributed by atoms with van der Waals surface area (Å²) in [5, 5.41) is 9.56. The van der Waals surface area contributed by atoms with E-state index in [9.17, 15) is 5.11 Å². The van der Waals surface area contributed by atoms with Gasteiger partial charge >= 0.3 is 0 Å². The Kier molecular flexibility index (Phi) is 3.07. The Morgan fingerprint density at radius 1 is 1.05 bits per heavy atom. The van der Waals surface area contributed by atoms with Crippen molar-refractivity contribution in [2.24, 2.45) is 0 Å². The van der Waals surface area contributed by atoms with E-state index in [1.807, 2.05) is 30.6 Å². The van der Waals surface area contributed by atoms with E-state index in [2.05, 4.69) is 35.5 Å². The number of nitrogens with zero attached hydrogens (tertiary/aromatic N) is 2. The predicted molar refractivity (Wildman–Crippen MR) is 81.2 cm³/mol. The summed E-state index contributed by atoms with van der Waals surface area (Å²) in [7, 11) is 0. The number of hydrogen-bond donors (Lipinski definition) is 1. The number of imidazole rings is 1. The topological polar surface area (TPSA) is 38.0 Å². The van der Waals surface area contributed by atoms with Crippen molar-refractivity contribution in [3.8, 4) is 5.69 Å². The monoisotopic (exact) mass is 266 g/mol. The fraction of sp³-hybridized carbons (Fsp3) is 0.235. The maximum atomic E-state index is 9.56. The highest BCUT2D eigenvalue weighted by molar-refractivity contribution is 5.79. The van der Waals surface area contributed by atoms with Crippen LogP contribution < -0.4 is 0 Å². The number of rotatable bonds is 2. The summed E-state index contributed by atoms with van der Waals surface area (Å²) in [6.45, 7) is 5.99. The van der Waals surface area contributed by atoms with Crippen molar-refractivity contribution >= 4 is 11.0 Å². The molecule has 0 amide bonds. The molecule has 1 heterocycles. The molecule has 0 aliphatic carbocycles. The summed E-state index contributed by atoms with van der Waals surface area (Å²) in [5.74, 6) is 0. The van der Waals surface area contributed by atoms with Crippen LogP contribution >= 0.6 is 0 Å². The smallest absolute Gasteiger partial charge is 0.100 e. The lowest BCUT2D eigenvalue weighted by molar-refractivity contribution is 0.199. The molecule has 0 saturated carbocycles. The summed E-state index contributed by atoms with van der Waals surface area (Å²) in [4.78, 5) is 4.47. The van der Waals surface area contributed by atoms with E-state index in [0.717, 1.165) is 22.3 Å². The summed E-state index contributed by atoms with van der Waals surface area (Å²) < 4.78 is 2.08. The minimum Gasteiger partial charge on any atom is -0.389 e. The van der Waals surface area contributed by atoms with Gasteiger partial charge in [-0.15, -0.1) is 0 Å². The third kappa shape index (κ3) is 2.10. The summed E-state index contributed by atoms with van der Waals surface area (Å²) >= 11 is 0. The average Bonchev–Trinajstić information content (AvgIpc) is 2.82. The van der Waals surface area contributed by atoms with Gasteiger partial charge in [0.15, 0.2) is 0 Å². The molecule has 0 spiro atoms. The predicted octanol–water partition coefficient (Wildman–Crippen LogP) is 3.70. The van der Waals surface area contributed by atoms with Crippen LogP contribution in [0.25, 0.3) is 16.7 Å². The SMILES string of the molecule is Cc1cc2ncn(-c3ccc(C(C)O)cc3)c2cc1C. The average molecular weight is 266 g/mol. The molecule has 102 valence electrons. The second kappa shape index (κ2) is 4.76. The Labute approximate surface area is 118 Å². The molecule has 0 bridgehead atoms. The molecule has 0 saturated heterocycles. The molecule has 0 fully saturated rings. The maximum Gasteiger partial charge on any atom is 0.100 e. The molecule has 3 rings (SSSR count). The lowest BCUT2D eigenvalue weighted by Gasteiger charge is -2.08. The van der Waals surface area contributed by atoms with Gasteiger partial charge in [-0.2, -0.15) is 0 Å².